The van der Waals surface area contributed by atoms with Crippen LogP contribution in [0.1, 0.15) is 142 Å². The number of carbonyl (C=O) groups excluding carboxylic acids is 1. The van der Waals surface area contributed by atoms with E-state index in [1.54, 1.807) is 6.08 Å². The molecule has 0 saturated carbocycles. The fourth-order valence-electron chi connectivity index (χ4n) is 5.21. The van der Waals surface area contributed by atoms with E-state index < -0.39 is 12.1 Å². The number of hydrogen-bond donors (Lipinski definition) is 3. The lowest BCUT2D eigenvalue weighted by Gasteiger charge is -2.19. The first-order chi connectivity index (χ1) is 26.7. The minimum Gasteiger partial charge on any atom is -0.394 e. The number of unbranched alkanes of at least 4 members (excludes halogenated alkanes) is 7. The molecule has 4 nitrogen and oxygen atoms in total. The minimum absolute atomic E-state index is 0.109. The molecule has 0 radical (unpaired) electrons. The summed E-state index contributed by atoms with van der Waals surface area (Å²) in [5, 5.41) is 22.8. The highest BCUT2D eigenvalue weighted by Gasteiger charge is 2.17. The molecule has 0 aliphatic heterocycles. The molecule has 54 heavy (non-hydrogen) atoms. The summed E-state index contributed by atoms with van der Waals surface area (Å²) in [7, 11) is 0. The van der Waals surface area contributed by atoms with Gasteiger partial charge in [-0.15, -0.1) is 0 Å². The average Bonchev–Trinajstić information content (AvgIpc) is 3.18. The highest BCUT2D eigenvalue weighted by atomic mass is 16.3. The summed E-state index contributed by atoms with van der Waals surface area (Å²) in [4.78, 5) is 12.3. The second-order valence-corrected chi connectivity index (χ2v) is 13.3. The summed E-state index contributed by atoms with van der Waals surface area (Å²) in [5.74, 6) is -0.109. The number of nitrogens with one attached hydrogen (secondary N) is 1. The summed E-state index contributed by atoms with van der Waals surface area (Å²) in [6.07, 6.45) is 71.1. The van der Waals surface area contributed by atoms with Gasteiger partial charge in [0, 0.05) is 6.42 Å². The number of amides is 1. The number of carbonyl (C=O) groups is 1. The minimum atomic E-state index is -0.886. The van der Waals surface area contributed by atoms with Gasteiger partial charge in [0.05, 0.1) is 18.8 Å². The van der Waals surface area contributed by atoms with Crippen LogP contribution in [-0.2, 0) is 4.79 Å². The molecule has 300 valence electrons. The van der Waals surface area contributed by atoms with Crippen LogP contribution >= 0.6 is 0 Å². The van der Waals surface area contributed by atoms with Gasteiger partial charge in [-0.2, -0.15) is 0 Å². The topological polar surface area (TPSA) is 69.6 Å². The number of aliphatic hydroxyl groups is 2. The van der Waals surface area contributed by atoms with Crippen molar-refractivity contribution in [2.75, 3.05) is 6.61 Å². The molecule has 0 bridgehead atoms. The molecule has 0 aromatic carbocycles. The molecule has 2 unspecified atom stereocenters. The Morgan fingerprint density at radius 3 is 1.30 bits per heavy atom. The molecule has 0 aromatic rings. The van der Waals surface area contributed by atoms with E-state index in [2.05, 4.69) is 146 Å². The maximum absolute atomic E-state index is 12.3. The van der Waals surface area contributed by atoms with Gasteiger partial charge in [-0.05, 0) is 110 Å². The van der Waals surface area contributed by atoms with Gasteiger partial charge in [-0.3, -0.25) is 4.79 Å². The Balaban J connectivity index is 3.73. The van der Waals surface area contributed by atoms with Gasteiger partial charge in [0.2, 0.25) is 5.91 Å². The fraction of sp³-hybridized carbons (Fsp3) is 0.500. The molecule has 0 aromatic heterocycles. The van der Waals surface area contributed by atoms with E-state index in [1.807, 2.05) is 13.0 Å². The van der Waals surface area contributed by atoms with Crippen LogP contribution in [0.3, 0.4) is 0 Å². The van der Waals surface area contributed by atoms with Gasteiger partial charge in [-0.1, -0.05) is 172 Å². The molecule has 0 aliphatic carbocycles. The predicted molar refractivity (Wildman–Crippen MR) is 238 cm³/mol. The molecule has 2 atom stereocenters. The van der Waals surface area contributed by atoms with Gasteiger partial charge in [0.15, 0.2) is 0 Å². The Kier molecular flexibility index (Phi) is 40.7. The second kappa shape index (κ2) is 43.7. The third-order valence-corrected chi connectivity index (χ3v) is 8.38. The maximum Gasteiger partial charge on any atom is 0.220 e. The van der Waals surface area contributed by atoms with Crippen LogP contribution in [0.4, 0.5) is 0 Å². The zero-order valence-electron chi connectivity index (χ0n) is 34.2. The van der Waals surface area contributed by atoms with E-state index in [4.69, 9.17) is 0 Å². The number of allylic oxidation sites excluding steroid dienone is 23. The number of aliphatic hydroxyl groups excluding tert-OH is 2. The van der Waals surface area contributed by atoms with Crippen LogP contribution in [-0.4, -0.2) is 34.9 Å². The Morgan fingerprint density at radius 1 is 0.481 bits per heavy atom. The summed E-state index contributed by atoms with van der Waals surface area (Å²) in [5.41, 5.74) is 0. The van der Waals surface area contributed by atoms with Crippen LogP contribution in [0.5, 0.6) is 0 Å². The normalized spacial score (nSPS) is 14.5. The number of hydrogen-bond acceptors (Lipinski definition) is 3. The van der Waals surface area contributed by atoms with Gasteiger partial charge in [-0.25, -0.2) is 0 Å². The zero-order chi connectivity index (χ0) is 39.3. The van der Waals surface area contributed by atoms with Crippen LogP contribution in [0.2, 0.25) is 0 Å². The smallest absolute Gasteiger partial charge is 0.220 e. The monoisotopic (exact) mass is 740 g/mol. The maximum atomic E-state index is 12.3. The first kappa shape index (κ1) is 50.3. The molecule has 0 heterocycles. The average molecular weight is 740 g/mol. The highest BCUT2D eigenvalue weighted by Crippen LogP contribution is 2.09. The van der Waals surface area contributed by atoms with Crippen molar-refractivity contribution in [1.82, 2.24) is 5.32 Å². The summed E-state index contributed by atoms with van der Waals surface area (Å²) in [6, 6.07) is -0.665. The Morgan fingerprint density at radius 2 is 0.852 bits per heavy atom. The SMILES string of the molecule is C/C=C/CC/C=C/CC/C=C/C(O)C(CO)NC(=O)CCCCCCC/C=C\C/C=C\C/C=C\C/C=C\C/C=C\C/C=C\C/C=C\C/C=C\C/C=C\CC. The van der Waals surface area contributed by atoms with E-state index in [-0.39, 0.29) is 12.5 Å². The van der Waals surface area contributed by atoms with Gasteiger partial charge in [0.1, 0.15) is 0 Å². The van der Waals surface area contributed by atoms with Crippen LogP contribution in [0, 0.1) is 0 Å². The standard InChI is InChI=1S/C50H77NO3/c1-3-5-7-9-11-13-14-15-16-17-18-19-20-21-22-23-24-25-26-27-28-29-30-31-32-33-34-35-36-38-40-42-44-46-50(54)51-48(47-52)49(53)45-43-41-39-37-12-10-8-6-4-2/h4-7,11-13,15-16,18-19,21-22,24-25,27-28,30-31,33-34,37,43,45,48-49,52-53H,3,8-10,14,17,20,23,26,29,32,35-36,38-42,44,46-47H2,1-2H3,(H,51,54)/b6-4+,7-5-,13-11-,16-15-,19-18-,22-21-,25-24-,28-27-,31-30-,34-33-,37-12+,45-43+. The summed E-state index contributed by atoms with van der Waals surface area (Å²) >= 11 is 0. The fourth-order valence-corrected chi connectivity index (χ4v) is 5.21. The van der Waals surface area contributed by atoms with Crippen LogP contribution in [0.25, 0.3) is 0 Å². The quantitative estimate of drug-likeness (QED) is 0.0448. The lowest BCUT2D eigenvalue weighted by Crippen LogP contribution is -2.45. The van der Waals surface area contributed by atoms with Crippen molar-refractivity contribution in [3.05, 3.63) is 146 Å². The van der Waals surface area contributed by atoms with Crippen molar-refractivity contribution in [2.24, 2.45) is 0 Å². The molecule has 0 saturated heterocycles. The van der Waals surface area contributed by atoms with Crippen LogP contribution < -0.4 is 5.32 Å². The van der Waals surface area contributed by atoms with Crippen molar-refractivity contribution in [1.29, 1.82) is 0 Å². The Hall–Kier alpha value is -3.73. The summed E-state index contributed by atoms with van der Waals surface area (Å²) < 4.78 is 0. The first-order valence-electron chi connectivity index (χ1n) is 21.0. The lowest BCUT2D eigenvalue weighted by molar-refractivity contribution is -0.123. The largest absolute Gasteiger partial charge is 0.394 e. The van der Waals surface area contributed by atoms with Crippen molar-refractivity contribution in [2.45, 2.75) is 154 Å². The van der Waals surface area contributed by atoms with E-state index in [1.165, 1.54) is 6.42 Å². The highest BCUT2D eigenvalue weighted by molar-refractivity contribution is 5.76. The van der Waals surface area contributed by atoms with Gasteiger partial charge >= 0.3 is 0 Å². The third-order valence-electron chi connectivity index (χ3n) is 8.38. The van der Waals surface area contributed by atoms with Crippen molar-refractivity contribution >= 4 is 5.91 Å². The van der Waals surface area contributed by atoms with E-state index in [0.717, 1.165) is 116 Å². The molecule has 1 amide bonds. The van der Waals surface area contributed by atoms with E-state index in [0.29, 0.717) is 6.42 Å². The van der Waals surface area contributed by atoms with Crippen molar-refractivity contribution < 1.29 is 15.0 Å². The molecule has 0 rings (SSSR count). The molecule has 0 spiro atoms. The molecule has 0 aliphatic rings. The Labute approximate surface area is 332 Å². The zero-order valence-corrected chi connectivity index (χ0v) is 34.2. The molecule has 3 N–H and O–H groups in total. The van der Waals surface area contributed by atoms with Gasteiger partial charge < -0.3 is 15.5 Å². The van der Waals surface area contributed by atoms with E-state index in [9.17, 15) is 15.0 Å². The van der Waals surface area contributed by atoms with Gasteiger partial charge in [0.25, 0.3) is 0 Å². The van der Waals surface area contributed by atoms with Crippen molar-refractivity contribution in [3.63, 3.8) is 0 Å². The van der Waals surface area contributed by atoms with Crippen LogP contribution in [0.15, 0.2) is 146 Å². The molecular formula is C50H77NO3. The number of rotatable bonds is 35. The molecule has 4 heteroatoms. The second-order valence-electron chi connectivity index (χ2n) is 13.3. The Bertz CT molecular complexity index is 1200. The predicted octanol–water partition coefficient (Wildman–Crippen LogP) is 13.3. The molecular weight excluding hydrogens is 663 g/mol. The summed E-state index contributed by atoms with van der Waals surface area (Å²) in [6.45, 7) is 3.91. The van der Waals surface area contributed by atoms with Crippen molar-refractivity contribution in [3.8, 4) is 0 Å². The van der Waals surface area contributed by atoms with E-state index >= 15 is 0 Å². The third kappa shape index (κ3) is 39.5. The molecule has 0 fully saturated rings. The lowest BCUT2D eigenvalue weighted by atomic mass is 10.1. The first-order valence-corrected chi connectivity index (χ1v) is 21.0.